The molecule has 1 atom stereocenters. The Hall–Kier alpha value is -0.850. The molecule has 0 spiro atoms. The first-order valence-corrected chi connectivity index (χ1v) is 7.35. The quantitative estimate of drug-likeness (QED) is 0.737. The summed E-state index contributed by atoms with van der Waals surface area (Å²) in [5.41, 5.74) is 1.07. The van der Waals surface area contributed by atoms with Crippen LogP contribution in [0.3, 0.4) is 0 Å². The topological polar surface area (TPSA) is 67.3 Å². The van der Waals surface area contributed by atoms with E-state index in [9.17, 15) is 5.11 Å². The van der Waals surface area contributed by atoms with E-state index in [4.69, 9.17) is 4.74 Å². The lowest BCUT2D eigenvalue weighted by atomic mass is 10.3. The predicted octanol–water partition coefficient (Wildman–Crippen LogP) is 1.08. The van der Waals surface area contributed by atoms with Gasteiger partial charge in [0.15, 0.2) is 0 Å². The minimum absolute atomic E-state index is 0.196. The molecule has 0 saturated carbocycles. The van der Waals surface area contributed by atoms with Gasteiger partial charge in [-0.15, -0.1) is 0 Å². The van der Waals surface area contributed by atoms with Crippen LogP contribution < -0.4 is 10.1 Å². The molecule has 0 bridgehead atoms. The van der Waals surface area contributed by atoms with E-state index in [1.807, 2.05) is 20.1 Å². The zero-order valence-corrected chi connectivity index (χ0v) is 11.9. The van der Waals surface area contributed by atoms with E-state index in [0.717, 1.165) is 11.3 Å². The van der Waals surface area contributed by atoms with Crippen LogP contribution in [0.15, 0.2) is 12.4 Å². The van der Waals surface area contributed by atoms with Crippen molar-refractivity contribution < 1.29 is 9.84 Å². The summed E-state index contributed by atoms with van der Waals surface area (Å²) in [7, 11) is 0. The first-order valence-electron chi connectivity index (χ1n) is 5.96. The molecule has 0 aromatic carbocycles. The highest BCUT2D eigenvalue weighted by Gasteiger charge is 2.07. The van der Waals surface area contributed by atoms with Crippen molar-refractivity contribution in [2.75, 3.05) is 19.4 Å². The van der Waals surface area contributed by atoms with E-state index >= 15 is 0 Å². The maximum absolute atomic E-state index is 9.65. The summed E-state index contributed by atoms with van der Waals surface area (Å²) in [6.45, 7) is 4.76. The van der Waals surface area contributed by atoms with Crippen LogP contribution in [-0.2, 0) is 5.75 Å². The number of thioether (sulfide) groups is 1. The molecule has 0 fully saturated rings. The fourth-order valence-electron chi connectivity index (χ4n) is 1.26. The van der Waals surface area contributed by atoms with Crippen molar-refractivity contribution in [3.63, 3.8) is 0 Å². The summed E-state index contributed by atoms with van der Waals surface area (Å²) in [4.78, 5) is 8.17. The fraction of sp³-hybridized carbons (Fsp3) is 0.667. The lowest BCUT2D eigenvalue weighted by Gasteiger charge is -2.14. The van der Waals surface area contributed by atoms with Crippen LogP contribution >= 0.6 is 11.8 Å². The van der Waals surface area contributed by atoms with Gasteiger partial charge in [-0.1, -0.05) is 13.8 Å². The number of nitrogens with one attached hydrogen (secondary N) is 1. The number of aliphatic hydroxyl groups excluding tert-OH is 1. The third-order valence-corrected chi connectivity index (χ3v) is 2.78. The molecule has 1 aromatic heterocycles. The lowest BCUT2D eigenvalue weighted by Crippen LogP contribution is -2.35. The minimum Gasteiger partial charge on any atom is -0.461 e. The molecular weight excluding hydrogens is 250 g/mol. The molecule has 2 N–H and O–H groups in total. The van der Waals surface area contributed by atoms with E-state index < -0.39 is 6.10 Å². The van der Waals surface area contributed by atoms with E-state index in [0.29, 0.717) is 18.6 Å². The molecule has 6 heteroatoms. The number of rotatable bonds is 8. The molecule has 0 aliphatic heterocycles. The second-order valence-electron chi connectivity index (χ2n) is 4.33. The summed E-state index contributed by atoms with van der Waals surface area (Å²) in [6.07, 6.45) is 4.97. The van der Waals surface area contributed by atoms with E-state index in [1.165, 1.54) is 0 Å². The number of hydrogen-bond donors (Lipinski definition) is 2. The van der Waals surface area contributed by atoms with Crippen LogP contribution in [0.4, 0.5) is 0 Å². The first kappa shape index (κ1) is 15.2. The Bertz CT molecular complexity index is 333. The molecule has 18 heavy (non-hydrogen) atoms. The van der Waals surface area contributed by atoms with Crippen LogP contribution in [0.1, 0.15) is 19.4 Å². The smallest absolute Gasteiger partial charge is 0.316 e. The van der Waals surface area contributed by atoms with Gasteiger partial charge in [0.25, 0.3) is 0 Å². The highest BCUT2D eigenvalue weighted by atomic mass is 32.2. The van der Waals surface area contributed by atoms with Crippen LogP contribution in [0.2, 0.25) is 0 Å². The van der Waals surface area contributed by atoms with Crippen molar-refractivity contribution in [1.82, 2.24) is 15.3 Å². The van der Waals surface area contributed by atoms with E-state index in [1.54, 1.807) is 24.2 Å². The summed E-state index contributed by atoms with van der Waals surface area (Å²) < 4.78 is 5.31. The number of nitrogens with zero attached hydrogens (tertiary/aromatic N) is 2. The second-order valence-corrected chi connectivity index (χ2v) is 5.20. The average molecular weight is 271 g/mol. The zero-order valence-electron chi connectivity index (χ0n) is 11.1. The molecular formula is C12H21N3O2S. The molecule has 1 heterocycles. The van der Waals surface area contributed by atoms with Crippen LogP contribution in [0, 0.1) is 0 Å². The van der Waals surface area contributed by atoms with Crippen molar-refractivity contribution >= 4 is 11.8 Å². The summed E-state index contributed by atoms with van der Waals surface area (Å²) in [6, 6.07) is 0.658. The molecule has 5 nitrogen and oxygen atoms in total. The Kier molecular flexibility index (Phi) is 7.00. The first-order chi connectivity index (χ1) is 8.61. The third-order valence-electron chi connectivity index (χ3n) is 2.16. The van der Waals surface area contributed by atoms with Crippen LogP contribution in [0.5, 0.6) is 6.01 Å². The zero-order chi connectivity index (χ0) is 13.4. The van der Waals surface area contributed by atoms with Gasteiger partial charge in [0, 0.05) is 30.7 Å². The van der Waals surface area contributed by atoms with Gasteiger partial charge in [-0.05, 0) is 11.8 Å². The molecule has 0 aliphatic rings. The van der Waals surface area contributed by atoms with Gasteiger partial charge in [-0.2, -0.15) is 11.8 Å². The maximum atomic E-state index is 9.65. The number of hydrogen-bond acceptors (Lipinski definition) is 6. The van der Waals surface area contributed by atoms with Gasteiger partial charge in [-0.3, -0.25) is 0 Å². The van der Waals surface area contributed by atoms with Gasteiger partial charge in [-0.25, -0.2) is 9.97 Å². The van der Waals surface area contributed by atoms with Gasteiger partial charge in [0.2, 0.25) is 0 Å². The normalized spacial score (nSPS) is 12.7. The SMILES string of the molecule is CSCc1cnc(OCC(O)CNC(C)C)nc1. The van der Waals surface area contributed by atoms with Gasteiger partial charge in [0.05, 0.1) is 0 Å². The molecule has 1 rings (SSSR count). The number of aromatic nitrogens is 2. The molecule has 1 unspecified atom stereocenters. The highest BCUT2D eigenvalue weighted by molar-refractivity contribution is 7.97. The molecule has 0 saturated heterocycles. The molecule has 1 aromatic rings. The Morgan fingerprint density at radius 1 is 1.39 bits per heavy atom. The van der Waals surface area contributed by atoms with Crippen molar-refractivity contribution in [1.29, 1.82) is 0 Å². The number of aliphatic hydroxyl groups is 1. The molecule has 0 amide bonds. The van der Waals surface area contributed by atoms with Crippen molar-refractivity contribution in [3.8, 4) is 6.01 Å². The standard InChI is InChI=1S/C12H21N3O2S/c1-9(2)13-6-11(16)7-17-12-14-4-10(5-15-12)8-18-3/h4-5,9,11,13,16H,6-8H2,1-3H3. The summed E-state index contributed by atoms with van der Waals surface area (Å²) in [5, 5.41) is 12.8. The Balaban J connectivity index is 2.29. The summed E-state index contributed by atoms with van der Waals surface area (Å²) >= 11 is 1.72. The van der Waals surface area contributed by atoms with Crippen LogP contribution in [-0.4, -0.2) is 46.6 Å². The Morgan fingerprint density at radius 3 is 2.61 bits per heavy atom. The van der Waals surface area contributed by atoms with Gasteiger partial charge >= 0.3 is 6.01 Å². The lowest BCUT2D eigenvalue weighted by molar-refractivity contribution is 0.0993. The molecule has 0 aliphatic carbocycles. The Morgan fingerprint density at radius 2 is 2.06 bits per heavy atom. The predicted molar refractivity (Wildman–Crippen MR) is 73.9 cm³/mol. The largest absolute Gasteiger partial charge is 0.461 e. The van der Waals surface area contributed by atoms with Gasteiger partial charge < -0.3 is 15.2 Å². The van der Waals surface area contributed by atoms with Gasteiger partial charge in [0.1, 0.15) is 12.7 Å². The molecule has 0 radical (unpaired) electrons. The summed E-state index contributed by atoms with van der Waals surface area (Å²) in [5.74, 6) is 0.890. The maximum Gasteiger partial charge on any atom is 0.316 e. The van der Waals surface area contributed by atoms with Crippen molar-refractivity contribution in [2.24, 2.45) is 0 Å². The highest BCUT2D eigenvalue weighted by Crippen LogP contribution is 2.08. The number of ether oxygens (including phenoxy) is 1. The van der Waals surface area contributed by atoms with Crippen molar-refractivity contribution in [3.05, 3.63) is 18.0 Å². The van der Waals surface area contributed by atoms with Crippen LogP contribution in [0.25, 0.3) is 0 Å². The second kappa shape index (κ2) is 8.29. The van der Waals surface area contributed by atoms with E-state index in [-0.39, 0.29) is 6.61 Å². The van der Waals surface area contributed by atoms with E-state index in [2.05, 4.69) is 15.3 Å². The molecule has 102 valence electrons. The third kappa shape index (κ3) is 6.18. The minimum atomic E-state index is -0.554. The monoisotopic (exact) mass is 271 g/mol. The van der Waals surface area contributed by atoms with Crippen molar-refractivity contribution in [2.45, 2.75) is 31.7 Å². The average Bonchev–Trinajstić information content (AvgIpc) is 2.36. The fourth-order valence-corrected chi connectivity index (χ4v) is 1.74. The Labute approximate surface area is 112 Å².